The van der Waals surface area contributed by atoms with Crippen molar-refractivity contribution < 1.29 is 19.8 Å². The lowest BCUT2D eigenvalue weighted by atomic mass is 9.87. The van der Waals surface area contributed by atoms with Gasteiger partial charge in [-0.05, 0) is 90.3 Å². The van der Waals surface area contributed by atoms with Gasteiger partial charge in [0.1, 0.15) is 11.5 Å². The third-order valence-electron chi connectivity index (χ3n) is 7.69. The van der Waals surface area contributed by atoms with Gasteiger partial charge in [-0.2, -0.15) is 0 Å². The number of aromatic hydroxyl groups is 2. The van der Waals surface area contributed by atoms with Crippen LogP contribution >= 0.6 is 0 Å². The second-order valence-electron chi connectivity index (χ2n) is 11.0. The standard InChI is InChI=1S/C34H38N2O4/c1-19-12-24(13-20(2)31(19)37)16-29(35)34(40)36-30(17-25-14-21(3)32(38)22(4)15-25)33(39)23(5)27-11-10-26-8-6-7-9-28(26)18-27/h6-15,18,23,29-30,37-38H,16-17,35H2,1-5H3,(H,36,40)/t23-,29+,30+/m1/s1. The van der Waals surface area contributed by atoms with Gasteiger partial charge in [0.15, 0.2) is 5.78 Å². The molecule has 4 aromatic rings. The van der Waals surface area contributed by atoms with Crippen molar-refractivity contribution in [2.45, 2.75) is 65.5 Å². The minimum absolute atomic E-state index is 0.115. The van der Waals surface area contributed by atoms with Crippen LogP contribution in [0.3, 0.4) is 0 Å². The number of benzene rings is 4. The van der Waals surface area contributed by atoms with Gasteiger partial charge >= 0.3 is 0 Å². The predicted molar refractivity (Wildman–Crippen MR) is 160 cm³/mol. The average molecular weight is 539 g/mol. The second kappa shape index (κ2) is 11.9. The van der Waals surface area contributed by atoms with Gasteiger partial charge in [0.05, 0.1) is 12.1 Å². The van der Waals surface area contributed by atoms with Gasteiger partial charge in [-0.3, -0.25) is 9.59 Å². The second-order valence-corrected chi connectivity index (χ2v) is 11.0. The van der Waals surface area contributed by atoms with Gasteiger partial charge < -0.3 is 21.3 Å². The van der Waals surface area contributed by atoms with E-state index in [4.69, 9.17) is 5.73 Å². The van der Waals surface area contributed by atoms with E-state index in [1.165, 1.54) is 0 Å². The summed E-state index contributed by atoms with van der Waals surface area (Å²) >= 11 is 0. The minimum Gasteiger partial charge on any atom is -0.507 e. The number of carbonyl (C=O) groups excluding carboxylic acids is 2. The number of amides is 1. The Morgan fingerprint density at radius 3 is 1.80 bits per heavy atom. The number of nitrogens with one attached hydrogen (secondary N) is 1. The zero-order valence-corrected chi connectivity index (χ0v) is 23.8. The molecular formula is C34H38N2O4. The molecule has 0 saturated heterocycles. The number of phenolic OH excluding ortho intramolecular Hbond substituents is 2. The lowest BCUT2D eigenvalue weighted by Crippen LogP contribution is -2.51. The maximum absolute atomic E-state index is 13.9. The molecule has 0 bridgehead atoms. The highest BCUT2D eigenvalue weighted by Gasteiger charge is 2.29. The molecule has 0 aliphatic heterocycles. The summed E-state index contributed by atoms with van der Waals surface area (Å²) in [4.78, 5) is 27.3. The predicted octanol–water partition coefficient (Wildman–Crippen LogP) is 5.45. The van der Waals surface area contributed by atoms with E-state index in [9.17, 15) is 19.8 Å². The molecule has 1 amide bonds. The molecule has 6 heteroatoms. The van der Waals surface area contributed by atoms with Gasteiger partial charge in [-0.15, -0.1) is 0 Å². The van der Waals surface area contributed by atoms with Crippen LogP contribution in [0, 0.1) is 27.7 Å². The fourth-order valence-corrected chi connectivity index (χ4v) is 5.35. The lowest BCUT2D eigenvalue weighted by molar-refractivity contribution is -0.129. The Labute approximate surface area is 235 Å². The van der Waals surface area contributed by atoms with Crippen molar-refractivity contribution in [1.29, 1.82) is 0 Å². The van der Waals surface area contributed by atoms with E-state index in [1.54, 1.807) is 0 Å². The van der Waals surface area contributed by atoms with Crippen molar-refractivity contribution in [2.24, 2.45) is 5.73 Å². The van der Waals surface area contributed by atoms with Crippen molar-refractivity contribution in [1.82, 2.24) is 5.32 Å². The first-order valence-corrected chi connectivity index (χ1v) is 13.6. The molecule has 4 rings (SSSR count). The van der Waals surface area contributed by atoms with E-state index in [-0.39, 0.29) is 30.1 Å². The fraction of sp³-hybridized carbons (Fsp3) is 0.294. The Hall–Kier alpha value is -4.16. The van der Waals surface area contributed by atoms with E-state index in [0.717, 1.165) is 38.6 Å². The molecule has 208 valence electrons. The molecule has 0 aliphatic rings. The summed E-state index contributed by atoms with van der Waals surface area (Å²) in [6, 6.07) is 19.6. The zero-order valence-electron chi connectivity index (χ0n) is 23.8. The van der Waals surface area contributed by atoms with Crippen LogP contribution in [0.4, 0.5) is 0 Å². The van der Waals surface area contributed by atoms with Crippen molar-refractivity contribution in [3.8, 4) is 11.5 Å². The van der Waals surface area contributed by atoms with E-state index < -0.39 is 23.9 Å². The quantitative estimate of drug-likeness (QED) is 0.226. The molecule has 0 saturated carbocycles. The van der Waals surface area contributed by atoms with Crippen molar-refractivity contribution >= 4 is 22.5 Å². The van der Waals surface area contributed by atoms with Crippen LogP contribution in [0.15, 0.2) is 66.7 Å². The first-order chi connectivity index (χ1) is 18.9. The fourth-order valence-electron chi connectivity index (χ4n) is 5.35. The summed E-state index contributed by atoms with van der Waals surface area (Å²) in [5.74, 6) is -0.542. The molecule has 4 aromatic carbocycles. The Kier molecular flexibility index (Phi) is 8.60. The number of nitrogens with two attached hydrogens (primary N) is 1. The van der Waals surface area contributed by atoms with Crippen LogP contribution in [0.5, 0.6) is 11.5 Å². The summed E-state index contributed by atoms with van der Waals surface area (Å²) in [5, 5.41) is 25.4. The largest absolute Gasteiger partial charge is 0.507 e. The highest BCUT2D eigenvalue weighted by atomic mass is 16.3. The van der Waals surface area contributed by atoms with Crippen LogP contribution < -0.4 is 11.1 Å². The first-order valence-electron chi connectivity index (χ1n) is 13.6. The number of fused-ring (bicyclic) bond motifs is 1. The Bertz CT molecular complexity index is 1530. The van der Waals surface area contributed by atoms with E-state index in [2.05, 4.69) is 5.32 Å². The number of ketones is 1. The molecule has 40 heavy (non-hydrogen) atoms. The molecule has 0 spiro atoms. The highest BCUT2D eigenvalue weighted by Crippen LogP contribution is 2.27. The monoisotopic (exact) mass is 538 g/mol. The van der Waals surface area contributed by atoms with Gasteiger partial charge in [-0.25, -0.2) is 0 Å². The molecule has 5 N–H and O–H groups in total. The lowest BCUT2D eigenvalue weighted by Gasteiger charge is -2.24. The van der Waals surface area contributed by atoms with Crippen LogP contribution in [0.1, 0.15) is 51.8 Å². The number of hydrogen-bond donors (Lipinski definition) is 4. The summed E-state index contributed by atoms with van der Waals surface area (Å²) < 4.78 is 0. The van der Waals surface area contributed by atoms with Gasteiger partial charge in [0, 0.05) is 5.92 Å². The molecule has 0 heterocycles. The maximum Gasteiger partial charge on any atom is 0.237 e. The highest BCUT2D eigenvalue weighted by molar-refractivity contribution is 5.95. The van der Waals surface area contributed by atoms with Gasteiger partial charge in [-0.1, -0.05) is 73.7 Å². The average Bonchev–Trinajstić information content (AvgIpc) is 2.93. The third kappa shape index (κ3) is 6.35. The van der Waals surface area contributed by atoms with Crippen molar-refractivity contribution in [3.63, 3.8) is 0 Å². The normalized spacial score (nSPS) is 13.6. The summed E-state index contributed by atoms with van der Waals surface area (Å²) in [6.07, 6.45) is 0.543. The Balaban J connectivity index is 1.60. The van der Waals surface area contributed by atoms with Crippen LogP contribution in [0.2, 0.25) is 0 Å². The number of rotatable bonds is 9. The van der Waals surface area contributed by atoms with Crippen LogP contribution in [0.25, 0.3) is 10.8 Å². The van der Waals surface area contributed by atoms with Gasteiger partial charge in [0.25, 0.3) is 0 Å². The molecule has 0 fully saturated rings. The number of phenols is 2. The first kappa shape index (κ1) is 28.8. The number of Topliss-reactive ketones (excluding diaryl/α,β-unsaturated/α-hetero) is 1. The summed E-state index contributed by atoms with van der Waals surface area (Å²) in [6.45, 7) is 9.11. The number of aryl methyl sites for hydroxylation is 4. The molecule has 6 nitrogen and oxygen atoms in total. The molecule has 3 atom stereocenters. The topological polar surface area (TPSA) is 113 Å². The maximum atomic E-state index is 13.9. The Morgan fingerprint density at radius 2 is 1.25 bits per heavy atom. The third-order valence-corrected chi connectivity index (χ3v) is 7.69. The molecule has 0 aliphatic carbocycles. The smallest absolute Gasteiger partial charge is 0.237 e. The molecular weight excluding hydrogens is 500 g/mol. The molecule has 0 unspecified atom stereocenters. The van der Waals surface area contributed by atoms with E-state index in [1.807, 2.05) is 101 Å². The number of carbonyl (C=O) groups is 2. The van der Waals surface area contributed by atoms with Crippen molar-refractivity contribution in [3.05, 3.63) is 106 Å². The van der Waals surface area contributed by atoms with Crippen LogP contribution in [-0.4, -0.2) is 34.0 Å². The van der Waals surface area contributed by atoms with Crippen molar-refractivity contribution in [2.75, 3.05) is 0 Å². The summed E-state index contributed by atoms with van der Waals surface area (Å²) in [7, 11) is 0. The zero-order chi connectivity index (χ0) is 29.1. The SMILES string of the molecule is Cc1cc(C[C@H](NC(=O)[C@@H](N)Cc2cc(C)c(O)c(C)c2)C(=O)[C@H](C)c2ccc3ccccc3c2)cc(C)c1O. The summed E-state index contributed by atoms with van der Waals surface area (Å²) in [5.41, 5.74) is 11.8. The number of hydrogen-bond acceptors (Lipinski definition) is 5. The molecule has 0 aromatic heterocycles. The van der Waals surface area contributed by atoms with Crippen LogP contribution in [-0.2, 0) is 22.4 Å². The Morgan fingerprint density at radius 1 is 0.750 bits per heavy atom. The van der Waals surface area contributed by atoms with E-state index in [0.29, 0.717) is 11.1 Å². The minimum atomic E-state index is -0.877. The van der Waals surface area contributed by atoms with E-state index >= 15 is 0 Å². The molecule has 0 radical (unpaired) electrons. The van der Waals surface area contributed by atoms with Gasteiger partial charge in [0.2, 0.25) is 5.91 Å².